The first-order valence-corrected chi connectivity index (χ1v) is 8.57. The highest BCUT2D eigenvalue weighted by molar-refractivity contribution is 5.83. The number of rotatable bonds is 6. The molecule has 0 aromatic carbocycles. The van der Waals surface area contributed by atoms with Crippen LogP contribution in [0.15, 0.2) is 6.07 Å². The molecule has 0 spiro atoms. The smallest absolute Gasteiger partial charge is 0.230 e. The van der Waals surface area contributed by atoms with E-state index in [0.717, 1.165) is 24.2 Å². The Morgan fingerprint density at radius 2 is 2.13 bits per heavy atom. The maximum absolute atomic E-state index is 13.0. The lowest BCUT2D eigenvalue weighted by Crippen LogP contribution is -2.54. The lowest BCUT2D eigenvalue weighted by Gasteiger charge is -2.39. The first-order valence-electron chi connectivity index (χ1n) is 8.57. The number of nitrogens with two attached hydrogens (primary N) is 1. The Labute approximate surface area is 139 Å². The van der Waals surface area contributed by atoms with Crippen LogP contribution in [0.2, 0.25) is 0 Å². The number of aryl methyl sites for hydroxylation is 2. The van der Waals surface area contributed by atoms with Gasteiger partial charge in [-0.3, -0.25) is 9.48 Å². The summed E-state index contributed by atoms with van der Waals surface area (Å²) < 4.78 is 7.82. The molecule has 6 nitrogen and oxygen atoms in total. The molecule has 1 aromatic heterocycles. The second-order valence-corrected chi connectivity index (χ2v) is 6.54. The summed E-state index contributed by atoms with van der Waals surface area (Å²) in [4.78, 5) is 14.9. The summed E-state index contributed by atoms with van der Waals surface area (Å²) in [6.45, 7) is 11.0. The predicted octanol–water partition coefficient (Wildman–Crippen LogP) is 1.49. The maximum atomic E-state index is 13.0. The fourth-order valence-electron chi connectivity index (χ4n) is 3.33. The van der Waals surface area contributed by atoms with Crippen LogP contribution in [0.25, 0.3) is 0 Å². The van der Waals surface area contributed by atoms with Gasteiger partial charge in [-0.2, -0.15) is 5.10 Å². The molecule has 1 aromatic rings. The molecule has 130 valence electrons. The summed E-state index contributed by atoms with van der Waals surface area (Å²) in [6.07, 6.45) is 1.53. The van der Waals surface area contributed by atoms with Crippen molar-refractivity contribution in [2.24, 2.45) is 11.1 Å². The second kappa shape index (κ2) is 7.45. The van der Waals surface area contributed by atoms with Gasteiger partial charge in [0.15, 0.2) is 0 Å². The summed E-state index contributed by atoms with van der Waals surface area (Å²) in [5, 5.41) is 4.48. The van der Waals surface area contributed by atoms with Crippen LogP contribution < -0.4 is 5.73 Å². The Kier molecular flexibility index (Phi) is 5.81. The molecule has 2 rings (SSSR count). The number of ether oxygens (including phenoxy) is 1. The van der Waals surface area contributed by atoms with Crippen molar-refractivity contribution in [1.29, 1.82) is 0 Å². The quantitative estimate of drug-likeness (QED) is 0.861. The molecular weight excluding hydrogens is 292 g/mol. The standard InChI is InChI=1S/C17H30N4O2/c1-5-17(6-2,12-18)16(22)20-7-8-23-15(10-20)11-21-14(4)9-13(3)19-21/h9,15H,5-8,10-12,18H2,1-4H3. The van der Waals surface area contributed by atoms with Crippen LogP contribution in [-0.4, -0.2) is 52.9 Å². The minimum absolute atomic E-state index is 0.0186. The van der Waals surface area contributed by atoms with Gasteiger partial charge in [-0.1, -0.05) is 13.8 Å². The average molecular weight is 322 g/mol. The number of carbonyl (C=O) groups is 1. The van der Waals surface area contributed by atoms with Crippen LogP contribution in [-0.2, 0) is 16.1 Å². The van der Waals surface area contributed by atoms with Gasteiger partial charge >= 0.3 is 0 Å². The molecule has 1 fully saturated rings. The summed E-state index contributed by atoms with van der Waals surface area (Å²) >= 11 is 0. The molecular formula is C17H30N4O2. The third-order valence-corrected chi connectivity index (χ3v) is 5.10. The third-order valence-electron chi connectivity index (χ3n) is 5.10. The third kappa shape index (κ3) is 3.75. The lowest BCUT2D eigenvalue weighted by molar-refractivity contribution is -0.150. The first-order chi connectivity index (χ1) is 11.0. The number of hydrogen-bond donors (Lipinski definition) is 1. The van der Waals surface area contributed by atoms with Gasteiger partial charge in [-0.15, -0.1) is 0 Å². The fourth-order valence-corrected chi connectivity index (χ4v) is 3.33. The van der Waals surface area contributed by atoms with Crippen LogP contribution in [0.5, 0.6) is 0 Å². The number of nitrogens with zero attached hydrogens (tertiary/aromatic N) is 3. The van der Waals surface area contributed by atoms with E-state index in [-0.39, 0.29) is 12.0 Å². The van der Waals surface area contributed by atoms with E-state index in [2.05, 4.69) is 11.2 Å². The molecule has 0 saturated carbocycles. The summed E-state index contributed by atoms with van der Waals surface area (Å²) in [5.74, 6) is 0.173. The molecule has 1 amide bonds. The molecule has 0 radical (unpaired) electrons. The average Bonchev–Trinajstić information content (AvgIpc) is 2.87. The largest absolute Gasteiger partial charge is 0.373 e. The topological polar surface area (TPSA) is 73.4 Å². The minimum Gasteiger partial charge on any atom is -0.373 e. The van der Waals surface area contributed by atoms with Crippen molar-refractivity contribution in [2.75, 3.05) is 26.2 Å². The van der Waals surface area contributed by atoms with E-state index in [0.29, 0.717) is 32.8 Å². The van der Waals surface area contributed by atoms with Crippen molar-refractivity contribution in [3.05, 3.63) is 17.5 Å². The molecule has 2 heterocycles. The van der Waals surface area contributed by atoms with E-state index in [1.165, 1.54) is 0 Å². The molecule has 6 heteroatoms. The van der Waals surface area contributed by atoms with E-state index in [1.807, 2.05) is 37.3 Å². The minimum atomic E-state index is -0.430. The van der Waals surface area contributed by atoms with Crippen molar-refractivity contribution in [2.45, 2.75) is 53.2 Å². The number of morpholine rings is 1. The van der Waals surface area contributed by atoms with Crippen LogP contribution in [0.1, 0.15) is 38.1 Å². The zero-order valence-corrected chi connectivity index (χ0v) is 14.8. The van der Waals surface area contributed by atoms with Gasteiger partial charge in [0.05, 0.1) is 30.4 Å². The molecule has 1 aliphatic heterocycles. The molecule has 2 N–H and O–H groups in total. The van der Waals surface area contributed by atoms with Crippen molar-refractivity contribution in [1.82, 2.24) is 14.7 Å². The Hall–Kier alpha value is -1.40. The Morgan fingerprint density at radius 1 is 1.43 bits per heavy atom. The van der Waals surface area contributed by atoms with Crippen molar-refractivity contribution in [3.8, 4) is 0 Å². The van der Waals surface area contributed by atoms with E-state index < -0.39 is 5.41 Å². The van der Waals surface area contributed by atoms with Gasteiger partial charge in [0, 0.05) is 25.3 Å². The molecule has 0 aliphatic carbocycles. The highest BCUT2D eigenvalue weighted by Gasteiger charge is 2.38. The number of carbonyl (C=O) groups excluding carboxylic acids is 1. The lowest BCUT2D eigenvalue weighted by atomic mass is 9.80. The Balaban J connectivity index is 2.05. The summed E-state index contributed by atoms with van der Waals surface area (Å²) in [6, 6.07) is 2.05. The second-order valence-electron chi connectivity index (χ2n) is 6.54. The molecule has 1 atom stereocenters. The normalized spacial score (nSPS) is 19.2. The molecule has 1 aliphatic rings. The van der Waals surface area contributed by atoms with Gasteiger partial charge in [0.25, 0.3) is 0 Å². The van der Waals surface area contributed by atoms with Gasteiger partial charge in [0.1, 0.15) is 0 Å². The van der Waals surface area contributed by atoms with Crippen LogP contribution in [0.4, 0.5) is 0 Å². The van der Waals surface area contributed by atoms with Gasteiger partial charge < -0.3 is 15.4 Å². The first kappa shape index (κ1) is 17.9. The molecule has 23 heavy (non-hydrogen) atoms. The summed E-state index contributed by atoms with van der Waals surface area (Å²) in [7, 11) is 0. The van der Waals surface area contributed by atoms with Crippen molar-refractivity contribution < 1.29 is 9.53 Å². The van der Waals surface area contributed by atoms with E-state index in [4.69, 9.17) is 10.5 Å². The van der Waals surface area contributed by atoms with E-state index >= 15 is 0 Å². The van der Waals surface area contributed by atoms with Crippen LogP contribution >= 0.6 is 0 Å². The molecule has 1 unspecified atom stereocenters. The Morgan fingerprint density at radius 3 is 2.65 bits per heavy atom. The number of amides is 1. The monoisotopic (exact) mass is 322 g/mol. The Bertz CT molecular complexity index is 528. The van der Waals surface area contributed by atoms with Gasteiger partial charge in [-0.25, -0.2) is 0 Å². The van der Waals surface area contributed by atoms with E-state index in [9.17, 15) is 4.79 Å². The number of aromatic nitrogens is 2. The van der Waals surface area contributed by atoms with Gasteiger partial charge in [0.2, 0.25) is 5.91 Å². The van der Waals surface area contributed by atoms with Gasteiger partial charge in [-0.05, 0) is 32.8 Å². The zero-order valence-electron chi connectivity index (χ0n) is 14.8. The fraction of sp³-hybridized carbons (Fsp3) is 0.765. The van der Waals surface area contributed by atoms with Crippen LogP contribution in [0.3, 0.4) is 0 Å². The number of hydrogen-bond acceptors (Lipinski definition) is 4. The van der Waals surface area contributed by atoms with Crippen LogP contribution in [0, 0.1) is 19.3 Å². The zero-order chi connectivity index (χ0) is 17.0. The highest BCUT2D eigenvalue weighted by Crippen LogP contribution is 2.28. The van der Waals surface area contributed by atoms with Crippen molar-refractivity contribution >= 4 is 5.91 Å². The predicted molar refractivity (Wildman–Crippen MR) is 90.1 cm³/mol. The SMILES string of the molecule is CCC(CC)(CN)C(=O)N1CCOC(Cn2nc(C)cc2C)C1. The summed E-state index contributed by atoms with van der Waals surface area (Å²) in [5.41, 5.74) is 7.62. The van der Waals surface area contributed by atoms with Crippen molar-refractivity contribution in [3.63, 3.8) is 0 Å². The molecule has 1 saturated heterocycles. The molecule has 0 bridgehead atoms. The highest BCUT2D eigenvalue weighted by atomic mass is 16.5. The van der Waals surface area contributed by atoms with E-state index in [1.54, 1.807) is 0 Å². The maximum Gasteiger partial charge on any atom is 0.230 e.